The van der Waals surface area contributed by atoms with Gasteiger partial charge in [0.25, 0.3) is 0 Å². The van der Waals surface area contributed by atoms with Crippen LogP contribution in [0.1, 0.15) is 97.0 Å². The van der Waals surface area contributed by atoms with Gasteiger partial charge in [0, 0.05) is 16.2 Å². The van der Waals surface area contributed by atoms with Gasteiger partial charge in [0.1, 0.15) is 0 Å². The summed E-state index contributed by atoms with van der Waals surface area (Å²) in [4.78, 5) is 4.16. The van der Waals surface area contributed by atoms with Crippen molar-refractivity contribution in [2.75, 3.05) is 0 Å². The van der Waals surface area contributed by atoms with Gasteiger partial charge >= 0.3 is 0 Å². The molecule has 3 heterocycles. The third-order valence-corrected chi connectivity index (χ3v) is 3.95. The Kier molecular flexibility index (Phi) is 9.37. The second-order valence-corrected chi connectivity index (χ2v) is 10.6. The molecule has 180 valence electrons. The standard InChI is InChI=1S/3C7H12N4/c1-5-8-10-6(11-9-5)7(2,3)4;1-5-8-6(7(2,3)4)10-11-9-5;1-5-6(7(2,3)4)9-11-10-8-5/h3*1-4H3. The highest BCUT2D eigenvalue weighted by Gasteiger charge is 2.20. The zero-order chi connectivity index (χ0) is 25.4. The minimum atomic E-state index is -0.0618. The fourth-order valence-corrected chi connectivity index (χ4v) is 2.19. The van der Waals surface area contributed by atoms with E-state index in [1.54, 1.807) is 6.92 Å². The van der Waals surface area contributed by atoms with Gasteiger partial charge in [-0.25, -0.2) is 4.98 Å². The molecule has 0 aromatic carbocycles. The van der Waals surface area contributed by atoms with Gasteiger partial charge in [-0.1, -0.05) is 62.3 Å². The Morgan fingerprint density at radius 2 is 0.939 bits per heavy atom. The minimum absolute atomic E-state index is 0.00697. The van der Waals surface area contributed by atoms with Crippen LogP contribution in [0.5, 0.6) is 0 Å². The molecule has 0 aliphatic carbocycles. The van der Waals surface area contributed by atoms with E-state index in [0.29, 0.717) is 17.5 Å². The van der Waals surface area contributed by atoms with Gasteiger partial charge in [0.2, 0.25) is 0 Å². The molecular formula is C21H36N12. The van der Waals surface area contributed by atoms with Gasteiger partial charge in [-0.15, -0.1) is 40.8 Å². The predicted octanol–water partition coefficient (Wildman–Crippen LogP) is 2.62. The van der Waals surface area contributed by atoms with Gasteiger partial charge in [0.05, 0.1) is 11.4 Å². The number of rotatable bonds is 0. The minimum Gasteiger partial charge on any atom is -0.214 e. The second kappa shape index (κ2) is 11.1. The SMILES string of the molecule is Cc1nnc(C(C)(C)C)nn1.Cc1nnnc(C(C)(C)C)n1.Cc1nnnnc1C(C)(C)C. The van der Waals surface area contributed by atoms with Gasteiger partial charge in [-0.2, -0.15) is 0 Å². The summed E-state index contributed by atoms with van der Waals surface area (Å²) >= 11 is 0. The van der Waals surface area contributed by atoms with E-state index in [1.807, 2.05) is 55.4 Å². The average Bonchev–Trinajstić information content (AvgIpc) is 2.67. The van der Waals surface area contributed by atoms with E-state index in [9.17, 15) is 0 Å². The quantitative estimate of drug-likeness (QED) is 0.488. The summed E-state index contributed by atoms with van der Waals surface area (Å²) in [7, 11) is 0. The molecule has 0 N–H and O–H groups in total. The monoisotopic (exact) mass is 456 g/mol. The summed E-state index contributed by atoms with van der Waals surface area (Å²) < 4.78 is 0. The third-order valence-electron chi connectivity index (χ3n) is 3.95. The van der Waals surface area contributed by atoms with E-state index >= 15 is 0 Å². The Morgan fingerprint density at radius 1 is 0.424 bits per heavy atom. The summed E-state index contributed by atoms with van der Waals surface area (Å²) in [6, 6.07) is 0. The lowest BCUT2D eigenvalue weighted by molar-refractivity contribution is 0.514. The molecule has 0 amide bonds. The summed E-state index contributed by atoms with van der Waals surface area (Å²) in [5.41, 5.74) is 1.67. The van der Waals surface area contributed by atoms with Crippen LogP contribution < -0.4 is 0 Å². The molecule has 33 heavy (non-hydrogen) atoms. The van der Waals surface area contributed by atoms with Crippen molar-refractivity contribution in [1.82, 2.24) is 61.4 Å². The molecule has 3 aromatic rings. The first-order valence-corrected chi connectivity index (χ1v) is 10.6. The van der Waals surface area contributed by atoms with E-state index in [1.165, 1.54) is 0 Å². The molecule has 0 saturated heterocycles. The molecule has 0 unspecified atom stereocenters. The van der Waals surface area contributed by atoms with Crippen LogP contribution in [0.25, 0.3) is 0 Å². The largest absolute Gasteiger partial charge is 0.214 e. The molecule has 0 aliphatic heterocycles. The van der Waals surface area contributed by atoms with Crippen molar-refractivity contribution in [3.8, 4) is 0 Å². The zero-order valence-electron chi connectivity index (χ0n) is 21.9. The van der Waals surface area contributed by atoms with Crippen molar-refractivity contribution >= 4 is 0 Å². The Bertz CT molecular complexity index is 999. The van der Waals surface area contributed by atoms with Crippen LogP contribution in [0.2, 0.25) is 0 Å². The van der Waals surface area contributed by atoms with Crippen LogP contribution in [-0.4, -0.2) is 61.4 Å². The molecule has 0 bridgehead atoms. The highest BCUT2D eigenvalue weighted by atomic mass is 15.4. The molecule has 0 aliphatic rings. The molecule has 0 saturated carbocycles. The van der Waals surface area contributed by atoms with Crippen LogP contribution in [0, 0.1) is 20.8 Å². The number of hydrogen-bond acceptors (Lipinski definition) is 12. The van der Waals surface area contributed by atoms with Crippen LogP contribution in [0.4, 0.5) is 0 Å². The lowest BCUT2D eigenvalue weighted by Crippen LogP contribution is -2.18. The van der Waals surface area contributed by atoms with Gasteiger partial charge in [0.15, 0.2) is 23.3 Å². The van der Waals surface area contributed by atoms with E-state index in [2.05, 4.69) is 82.2 Å². The smallest absolute Gasteiger partial charge is 0.178 e. The number of aromatic nitrogens is 12. The van der Waals surface area contributed by atoms with E-state index in [-0.39, 0.29) is 16.2 Å². The maximum Gasteiger partial charge on any atom is 0.178 e. The highest BCUT2D eigenvalue weighted by molar-refractivity contribution is 5.14. The third kappa shape index (κ3) is 9.87. The van der Waals surface area contributed by atoms with Crippen molar-refractivity contribution < 1.29 is 0 Å². The molecule has 3 aromatic heterocycles. The molecule has 0 fully saturated rings. The molecule has 0 atom stereocenters. The van der Waals surface area contributed by atoms with Gasteiger partial charge < -0.3 is 0 Å². The average molecular weight is 457 g/mol. The Balaban J connectivity index is 0.000000247. The molecule has 3 rings (SSSR count). The van der Waals surface area contributed by atoms with Crippen LogP contribution in [0.15, 0.2) is 0 Å². The van der Waals surface area contributed by atoms with Crippen molar-refractivity contribution in [2.24, 2.45) is 0 Å². The summed E-state index contributed by atoms with van der Waals surface area (Å²) in [5, 5.41) is 41.3. The first-order chi connectivity index (χ1) is 15.0. The Hall–Kier alpha value is -3.18. The fourth-order valence-electron chi connectivity index (χ4n) is 2.19. The summed E-state index contributed by atoms with van der Waals surface area (Å²) in [6.45, 7) is 23.9. The maximum atomic E-state index is 4.16. The van der Waals surface area contributed by atoms with E-state index < -0.39 is 0 Å². The Labute approximate surface area is 195 Å². The topological polar surface area (TPSA) is 155 Å². The van der Waals surface area contributed by atoms with E-state index in [0.717, 1.165) is 17.2 Å². The number of hydrogen-bond donors (Lipinski definition) is 0. The van der Waals surface area contributed by atoms with E-state index in [4.69, 9.17) is 0 Å². The van der Waals surface area contributed by atoms with Gasteiger partial charge in [-0.05, 0) is 36.4 Å². The lowest BCUT2D eigenvalue weighted by atomic mass is 9.91. The van der Waals surface area contributed by atoms with Crippen molar-refractivity contribution in [1.29, 1.82) is 0 Å². The van der Waals surface area contributed by atoms with Crippen molar-refractivity contribution in [2.45, 2.75) is 99.3 Å². The molecular weight excluding hydrogens is 420 g/mol. The fraction of sp³-hybridized carbons (Fsp3) is 0.714. The highest BCUT2D eigenvalue weighted by Crippen LogP contribution is 2.20. The number of nitrogens with zero attached hydrogens (tertiary/aromatic N) is 12. The zero-order valence-corrected chi connectivity index (χ0v) is 21.9. The second-order valence-electron chi connectivity index (χ2n) is 10.6. The molecule has 0 radical (unpaired) electrons. The Morgan fingerprint density at radius 3 is 1.30 bits per heavy atom. The summed E-state index contributed by atoms with van der Waals surface area (Å²) in [5.74, 6) is 2.70. The normalized spacial score (nSPS) is 11.6. The van der Waals surface area contributed by atoms with Crippen LogP contribution in [0.3, 0.4) is 0 Å². The first-order valence-electron chi connectivity index (χ1n) is 10.6. The maximum absolute atomic E-state index is 4.16. The van der Waals surface area contributed by atoms with Crippen LogP contribution >= 0.6 is 0 Å². The molecule has 0 spiro atoms. The van der Waals surface area contributed by atoms with Gasteiger partial charge in [-0.3, -0.25) is 0 Å². The molecule has 12 nitrogen and oxygen atoms in total. The van der Waals surface area contributed by atoms with Crippen molar-refractivity contribution in [3.63, 3.8) is 0 Å². The molecule has 12 heteroatoms. The predicted molar refractivity (Wildman–Crippen MR) is 123 cm³/mol. The number of aryl methyl sites for hydroxylation is 3. The van der Waals surface area contributed by atoms with Crippen molar-refractivity contribution in [3.05, 3.63) is 34.7 Å². The summed E-state index contributed by atoms with van der Waals surface area (Å²) in [6.07, 6.45) is 0. The van der Waals surface area contributed by atoms with Crippen LogP contribution in [-0.2, 0) is 16.2 Å². The lowest BCUT2D eigenvalue weighted by Gasteiger charge is -2.16. The first kappa shape index (κ1) is 27.9.